The standard InChI is InChI=1S/C25H34O3/c1-2-27-24(18-19-26)20-28-25(21-12-6-3-7-13-21,22-14-8-4-9-15-22)23-16-10-5-11-17-23/h3-10,12,14,16,21-22,24,26H,2,11,13,15,17-20H2,1H3/t21?,22?,24-,25?/m0/s1. The summed E-state index contributed by atoms with van der Waals surface area (Å²) in [4.78, 5) is 0. The lowest BCUT2D eigenvalue weighted by molar-refractivity contribution is -0.118. The van der Waals surface area contributed by atoms with Crippen molar-refractivity contribution in [3.05, 3.63) is 72.4 Å². The molecule has 1 N–H and O–H groups in total. The quantitative estimate of drug-likeness (QED) is 0.573. The minimum atomic E-state index is -0.391. The number of ether oxygens (including phenoxy) is 2. The topological polar surface area (TPSA) is 38.7 Å². The first-order valence-electron chi connectivity index (χ1n) is 10.7. The highest BCUT2D eigenvalue weighted by Gasteiger charge is 2.47. The van der Waals surface area contributed by atoms with E-state index in [2.05, 4.69) is 66.8 Å². The van der Waals surface area contributed by atoms with Crippen LogP contribution in [-0.2, 0) is 9.47 Å². The fourth-order valence-electron chi connectivity index (χ4n) is 4.61. The van der Waals surface area contributed by atoms with Crippen LogP contribution in [0.5, 0.6) is 0 Å². The summed E-state index contributed by atoms with van der Waals surface area (Å²) in [5.41, 5.74) is 0.988. The molecular weight excluding hydrogens is 348 g/mol. The second-order valence-electron chi connectivity index (χ2n) is 7.66. The van der Waals surface area contributed by atoms with Crippen molar-refractivity contribution < 1.29 is 14.6 Å². The van der Waals surface area contributed by atoms with Gasteiger partial charge in [0.25, 0.3) is 0 Å². The zero-order valence-corrected chi connectivity index (χ0v) is 17.0. The van der Waals surface area contributed by atoms with Gasteiger partial charge >= 0.3 is 0 Å². The predicted octanol–water partition coefficient (Wildman–Crippen LogP) is 5.07. The Balaban J connectivity index is 1.96. The molecule has 3 aliphatic rings. The average molecular weight is 383 g/mol. The van der Waals surface area contributed by atoms with Crippen LogP contribution >= 0.6 is 0 Å². The lowest BCUT2D eigenvalue weighted by Gasteiger charge is -2.48. The first-order valence-corrected chi connectivity index (χ1v) is 10.7. The van der Waals surface area contributed by atoms with E-state index >= 15 is 0 Å². The van der Waals surface area contributed by atoms with Crippen molar-refractivity contribution in [2.24, 2.45) is 11.8 Å². The van der Waals surface area contributed by atoms with Crippen molar-refractivity contribution in [2.45, 2.75) is 50.7 Å². The molecule has 2 unspecified atom stereocenters. The zero-order valence-electron chi connectivity index (χ0n) is 17.0. The summed E-state index contributed by atoms with van der Waals surface area (Å²) >= 11 is 0. The number of aliphatic hydroxyl groups is 1. The number of hydrogen-bond donors (Lipinski definition) is 1. The summed E-state index contributed by atoms with van der Waals surface area (Å²) in [6.45, 7) is 3.24. The molecule has 0 radical (unpaired) electrons. The van der Waals surface area contributed by atoms with E-state index in [0.717, 1.165) is 25.7 Å². The van der Waals surface area contributed by atoms with Crippen LogP contribution in [0.2, 0.25) is 0 Å². The van der Waals surface area contributed by atoms with Crippen LogP contribution in [0.3, 0.4) is 0 Å². The minimum absolute atomic E-state index is 0.0830. The molecule has 152 valence electrons. The van der Waals surface area contributed by atoms with E-state index in [0.29, 0.717) is 19.6 Å². The molecule has 0 aliphatic heterocycles. The molecule has 0 amide bonds. The maximum atomic E-state index is 9.44. The molecule has 0 aromatic rings. The summed E-state index contributed by atoms with van der Waals surface area (Å²) in [6, 6.07) is 0. The van der Waals surface area contributed by atoms with Crippen LogP contribution in [0.1, 0.15) is 39.0 Å². The van der Waals surface area contributed by atoms with Crippen LogP contribution in [0.25, 0.3) is 0 Å². The van der Waals surface area contributed by atoms with Crippen LogP contribution in [0, 0.1) is 11.8 Å². The van der Waals surface area contributed by atoms with E-state index in [1.807, 2.05) is 6.92 Å². The Labute approximate surface area is 169 Å². The molecule has 3 rings (SSSR count). The SMILES string of the molecule is CCO[C@@H](CCO)COC(C1=CC=CCC1)(C1C=CC=CC1)C1C=CC=CC1. The highest BCUT2D eigenvalue weighted by molar-refractivity contribution is 5.35. The lowest BCUT2D eigenvalue weighted by Crippen LogP contribution is -2.50. The summed E-state index contributed by atoms with van der Waals surface area (Å²) in [5, 5.41) is 9.44. The minimum Gasteiger partial charge on any atom is -0.396 e. The monoisotopic (exact) mass is 382 g/mol. The van der Waals surface area contributed by atoms with Gasteiger partial charge in [-0.3, -0.25) is 0 Å². The normalized spacial score (nSPS) is 26.9. The van der Waals surface area contributed by atoms with E-state index < -0.39 is 5.60 Å². The molecule has 0 aromatic heterocycles. The van der Waals surface area contributed by atoms with Crippen molar-refractivity contribution in [1.29, 1.82) is 0 Å². The molecular formula is C25H34O3. The van der Waals surface area contributed by atoms with Crippen molar-refractivity contribution in [3.8, 4) is 0 Å². The van der Waals surface area contributed by atoms with Crippen molar-refractivity contribution in [1.82, 2.24) is 0 Å². The van der Waals surface area contributed by atoms with E-state index in [-0.39, 0.29) is 24.5 Å². The Kier molecular flexibility index (Phi) is 8.08. The highest BCUT2D eigenvalue weighted by Crippen LogP contribution is 2.46. The van der Waals surface area contributed by atoms with Crippen LogP contribution in [-0.4, -0.2) is 36.6 Å². The van der Waals surface area contributed by atoms with Gasteiger partial charge in [-0.15, -0.1) is 0 Å². The van der Waals surface area contributed by atoms with Gasteiger partial charge in [-0.1, -0.05) is 66.8 Å². The Morgan fingerprint density at radius 1 is 1.04 bits per heavy atom. The molecule has 0 fully saturated rings. The van der Waals surface area contributed by atoms with Crippen LogP contribution in [0.4, 0.5) is 0 Å². The van der Waals surface area contributed by atoms with Gasteiger partial charge in [-0.05, 0) is 44.6 Å². The van der Waals surface area contributed by atoms with Gasteiger partial charge in [0.15, 0.2) is 0 Å². The smallest absolute Gasteiger partial charge is 0.103 e. The van der Waals surface area contributed by atoms with Gasteiger partial charge in [0.05, 0.1) is 12.7 Å². The fraction of sp³-hybridized carbons (Fsp3) is 0.520. The fourth-order valence-corrected chi connectivity index (χ4v) is 4.61. The van der Waals surface area contributed by atoms with Gasteiger partial charge in [-0.25, -0.2) is 0 Å². The molecule has 3 heteroatoms. The molecule has 0 aromatic carbocycles. The van der Waals surface area contributed by atoms with Crippen molar-refractivity contribution in [2.75, 3.05) is 19.8 Å². The average Bonchev–Trinajstić information content (AvgIpc) is 2.77. The van der Waals surface area contributed by atoms with Crippen molar-refractivity contribution >= 4 is 0 Å². The molecule has 0 saturated carbocycles. The van der Waals surface area contributed by atoms with Crippen LogP contribution < -0.4 is 0 Å². The first kappa shape index (κ1) is 21.0. The number of aliphatic hydroxyl groups excluding tert-OH is 1. The summed E-state index contributed by atoms with van der Waals surface area (Å²) < 4.78 is 12.8. The summed E-state index contributed by atoms with van der Waals surface area (Å²) in [5.74, 6) is 0.570. The third kappa shape index (κ3) is 4.83. The summed E-state index contributed by atoms with van der Waals surface area (Å²) in [7, 11) is 0. The second kappa shape index (κ2) is 10.8. The van der Waals surface area contributed by atoms with Crippen molar-refractivity contribution in [3.63, 3.8) is 0 Å². The molecule has 28 heavy (non-hydrogen) atoms. The third-order valence-electron chi connectivity index (χ3n) is 5.94. The Hall–Kier alpha value is -1.68. The summed E-state index contributed by atoms with van der Waals surface area (Å²) in [6.07, 6.45) is 28.9. The van der Waals surface area contributed by atoms with E-state index in [1.165, 1.54) is 5.57 Å². The van der Waals surface area contributed by atoms with Gasteiger partial charge in [-0.2, -0.15) is 0 Å². The maximum Gasteiger partial charge on any atom is 0.103 e. The molecule has 0 bridgehead atoms. The number of allylic oxidation sites excluding steroid dienone is 9. The van der Waals surface area contributed by atoms with E-state index in [4.69, 9.17) is 9.47 Å². The van der Waals surface area contributed by atoms with Gasteiger partial charge in [0, 0.05) is 25.0 Å². The number of rotatable bonds is 10. The second-order valence-corrected chi connectivity index (χ2v) is 7.66. The molecule has 0 spiro atoms. The van der Waals surface area contributed by atoms with Gasteiger partial charge < -0.3 is 14.6 Å². The Morgan fingerprint density at radius 3 is 2.25 bits per heavy atom. The van der Waals surface area contributed by atoms with E-state index in [1.54, 1.807) is 0 Å². The molecule has 0 heterocycles. The zero-order chi connectivity index (χ0) is 19.7. The Morgan fingerprint density at radius 2 is 1.75 bits per heavy atom. The van der Waals surface area contributed by atoms with Crippen LogP contribution in [0.15, 0.2) is 72.4 Å². The van der Waals surface area contributed by atoms with Gasteiger partial charge in [0.1, 0.15) is 5.60 Å². The molecule has 3 nitrogen and oxygen atoms in total. The Bertz CT molecular complexity index is 629. The largest absolute Gasteiger partial charge is 0.396 e. The molecule has 0 saturated heterocycles. The first-order chi connectivity index (χ1) is 13.8. The van der Waals surface area contributed by atoms with E-state index in [9.17, 15) is 5.11 Å². The molecule has 3 aliphatic carbocycles. The maximum absolute atomic E-state index is 9.44. The third-order valence-corrected chi connectivity index (χ3v) is 5.94. The number of hydrogen-bond acceptors (Lipinski definition) is 3. The molecule has 3 atom stereocenters. The predicted molar refractivity (Wildman–Crippen MR) is 115 cm³/mol. The lowest BCUT2D eigenvalue weighted by atomic mass is 9.66. The highest BCUT2D eigenvalue weighted by atomic mass is 16.5. The van der Waals surface area contributed by atoms with Gasteiger partial charge in [0.2, 0.25) is 0 Å².